The molecule has 0 heterocycles. The summed E-state index contributed by atoms with van der Waals surface area (Å²) in [7, 11) is 0. The van der Waals surface area contributed by atoms with Gasteiger partial charge in [-0.3, -0.25) is 14.9 Å². The van der Waals surface area contributed by atoms with Crippen molar-refractivity contribution in [2.45, 2.75) is 26.2 Å². The number of nitro groups is 1. The SMILES string of the molecule is CCCC(CCCl)CNC(=O)c1ccc([N+](=O)[O-])cc1F. The Morgan fingerprint density at radius 3 is 2.71 bits per heavy atom. The highest BCUT2D eigenvalue weighted by Crippen LogP contribution is 2.17. The molecule has 21 heavy (non-hydrogen) atoms. The van der Waals surface area contributed by atoms with Crippen LogP contribution in [0.2, 0.25) is 0 Å². The second kappa shape index (κ2) is 8.56. The van der Waals surface area contributed by atoms with Gasteiger partial charge in [-0.15, -0.1) is 11.6 Å². The van der Waals surface area contributed by atoms with Gasteiger partial charge in [0, 0.05) is 18.5 Å². The summed E-state index contributed by atoms with van der Waals surface area (Å²) < 4.78 is 13.7. The van der Waals surface area contributed by atoms with E-state index < -0.39 is 16.6 Å². The van der Waals surface area contributed by atoms with Gasteiger partial charge in [0.1, 0.15) is 5.82 Å². The van der Waals surface area contributed by atoms with Crippen LogP contribution in [0.5, 0.6) is 0 Å². The topological polar surface area (TPSA) is 72.2 Å². The van der Waals surface area contributed by atoms with Crippen LogP contribution in [0.15, 0.2) is 18.2 Å². The van der Waals surface area contributed by atoms with Crippen LogP contribution in [0.3, 0.4) is 0 Å². The van der Waals surface area contributed by atoms with Crippen molar-refractivity contribution in [3.8, 4) is 0 Å². The number of alkyl halides is 1. The number of nitrogens with zero attached hydrogens (tertiary/aromatic N) is 1. The molecule has 0 aliphatic carbocycles. The lowest BCUT2D eigenvalue weighted by Gasteiger charge is -2.15. The standard InChI is InChI=1S/C14H18ClFN2O3/c1-2-3-10(6-7-15)9-17-14(19)12-5-4-11(18(20)21)8-13(12)16/h4-5,8,10H,2-3,6-7,9H2,1H3,(H,17,19). The molecule has 1 aromatic rings. The maximum absolute atomic E-state index is 13.7. The molecular weight excluding hydrogens is 299 g/mol. The quantitative estimate of drug-likeness (QED) is 0.453. The van der Waals surface area contributed by atoms with Gasteiger partial charge in [-0.25, -0.2) is 4.39 Å². The van der Waals surface area contributed by atoms with Gasteiger partial charge in [0.05, 0.1) is 16.6 Å². The van der Waals surface area contributed by atoms with Crippen molar-refractivity contribution < 1.29 is 14.1 Å². The van der Waals surface area contributed by atoms with Gasteiger partial charge in [-0.05, 0) is 24.8 Å². The molecule has 1 aromatic carbocycles. The molecule has 7 heteroatoms. The van der Waals surface area contributed by atoms with Crippen LogP contribution in [-0.4, -0.2) is 23.3 Å². The molecule has 116 valence electrons. The fraction of sp³-hybridized carbons (Fsp3) is 0.500. The zero-order valence-corrected chi connectivity index (χ0v) is 12.5. The predicted octanol–water partition coefficient (Wildman–Crippen LogP) is 3.51. The number of hydrogen-bond donors (Lipinski definition) is 1. The third-order valence-electron chi connectivity index (χ3n) is 3.17. The van der Waals surface area contributed by atoms with Crippen LogP contribution < -0.4 is 5.32 Å². The summed E-state index contributed by atoms with van der Waals surface area (Å²) in [6, 6.07) is 2.98. The van der Waals surface area contributed by atoms with E-state index in [0.29, 0.717) is 12.4 Å². The molecule has 1 atom stereocenters. The number of hydrogen-bond acceptors (Lipinski definition) is 3. The zero-order chi connectivity index (χ0) is 15.8. The van der Waals surface area contributed by atoms with Crippen LogP contribution in [0.25, 0.3) is 0 Å². The summed E-state index contributed by atoms with van der Waals surface area (Å²) in [5, 5.41) is 13.2. The first kappa shape index (κ1) is 17.4. The molecule has 0 aliphatic rings. The zero-order valence-electron chi connectivity index (χ0n) is 11.8. The third kappa shape index (κ3) is 5.30. The smallest absolute Gasteiger partial charge is 0.272 e. The van der Waals surface area contributed by atoms with Crippen molar-refractivity contribution in [2.24, 2.45) is 5.92 Å². The lowest BCUT2D eigenvalue weighted by Crippen LogP contribution is -2.30. The van der Waals surface area contributed by atoms with Crippen molar-refractivity contribution in [3.05, 3.63) is 39.7 Å². The van der Waals surface area contributed by atoms with E-state index in [0.717, 1.165) is 37.5 Å². The van der Waals surface area contributed by atoms with Crippen molar-refractivity contribution in [1.29, 1.82) is 0 Å². The van der Waals surface area contributed by atoms with Crippen LogP contribution >= 0.6 is 11.6 Å². The van der Waals surface area contributed by atoms with Gasteiger partial charge in [-0.1, -0.05) is 13.3 Å². The number of nitrogens with one attached hydrogen (secondary N) is 1. The molecule has 1 N–H and O–H groups in total. The molecule has 0 radical (unpaired) electrons. The minimum atomic E-state index is -0.897. The van der Waals surface area contributed by atoms with E-state index in [-0.39, 0.29) is 17.2 Å². The highest BCUT2D eigenvalue weighted by atomic mass is 35.5. The molecule has 1 amide bonds. The number of nitro benzene ring substituents is 1. The first-order valence-electron chi connectivity index (χ1n) is 6.77. The third-order valence-corrected chi connectivity index (χ3v) is 3.39. The predicted molar refractivity (Wildman–Crippen MR) is 79.1 cm³/mol. The van der Waals surface area contributed by atoms with E-state index in [1.54, 1.807) is 0 Å². The molecule has 0 saturated heterocycles. The van der Waals surface area contributed by atoms with Crippen LogP contribution in [0.4, 0.5) is 10.1 Å². The van der Waals surface area contributed by atoms with E-state index in [9.17, 15) is 19.3 Å². The van der Waals surface area contributed by atoms with E-state index in [1.165, 1.54) is 0 Å². The second-order valence-electron chi connectivity index (χ2n) is 4.76. The van der Waals surface area contributed by atoms with Crippen molar-refractivity contribution in [1.82, 2.24) is 5.32 Å². The Labute approximate surface area is 127 Å². The highest BCUT2D eigenvalue weighted by Gasteiger charge is 2.17. The number of carbonyl (C=O) groups is 1. The molecule has 1 rings (SSSR count). The summed E-state index contributed by atoms with van der Waals surface area (Å²) in [4.78, 5) is 21.7. The maximum atomic E-state index is 13.7. The summed E-state index contributed by atoms with van der Waals surface area (Å²) in [5.74, 6) is -0.714. The fourth-order valence-corrected chi connectivity index (χ4v) is 2.35. The van der Waals surface area contributed by atoms with Crippen molar-refractivity contribution in [3.63, 3.8) is 0 Å². The van der Waals surface area contributed by atoms with Crippen LogP contribution in [0.1, 0.15) is 36.5 Å². The van der Waals surface area contributed by atoms with Crippen molar-refractivity contribution in [2.75, 3.05) is 12.4 Å². The number of carbonyl (C=O) groups excluding carboxylic acids is 1. The van der Waals surface area contributed by atoms with Gasteiger partial charge in [0.15, 0.2) is 0 Å². The molecule has 0 saturated carbocycles. The molecule has 1 unspecified atom stereocenters. The van der Waals surface area contributed by atoms with Gasteiger partial charge in [-0.2, -0.15) is 0 Å². The van der Waals surface area contributed by atoms with E-state index in [1.807, 2.05) is 6.92 Å². The first-order valence-corrected chi connectivity index (χ1v) is 7.31. The molecule has 0 aromatic heterocycles. The molecule has 0 aliphatic heterocycles. The Bertz CT molecular complexity index is 505. The van der Waals surface area contributed by atoms with E-state index in [4.69, 9.17) is 11.6 Å². The summed E-state index contributed by atoms with van der Waals surface area (Å²) in [6.07, 6.45) is 2.68. The maximum Gasteiger partial charge on any atom is 0.272 e. The minimum Gasteiger partial charge on any atom is -0.352 e. The first-order chi connectivity index (χ1) is 9.99. The van der Waals surface area contributed by atoms with Gasteiger partial charge in [0.25, 0.3) is 11.6 Å². The minimum absolute atomic E-state index is 0.193. The molecule has 0 fully saturated rings. The Kier molecular flexibility index (Phi) is 7.08. The summed E-state index contributed by atoms with van der Waals surface area (Å²) in [5.41, 5.74) is -0.572. The highest BCUT2D eigenvalue weighted by molar-refractivity contribution is 6.17. The Hall–Kier alpha value is -1.69. The number of halogens is 2. The molecule has 0 spiro atoms. The number of benzene rings is 1. The molecular formula is C14H18ClFN2O3. The molecule has 0 bridgehead atoms. The van der Waals surface area contributed by atoms with Gasteiger partial charge < -0.3 is 5.32 Å². The fourth-order valence-electron chi connectivity index (χ4n) is 2.05. The van der Waals surface area contributed by atoms with E-state index >= 15 is 0 Å². The van der Waals surface area contributed by atoms with Crippen molar-refractivity contribution >= 4 is 23.2 Å². The number of non-ortho nitro benzene ring substituents is 1. The van der Waals surface area contributed by atoms with Crippen LogP contribution in [-0.2, 0) is 0 Å². The Balaban J connectivity index is 2.69. The monoisotopic (exact) mass is 316 g/mol. The Morgan fingerprint density at radius 1 is 1.48 bits per heavy atom. The lowest BCUT2D eigenvalue weighted by atomic mass is 10.0. The van der Waals surface area contributed by atoms with E-state index in [2.05, 4.69) is 5.32 Å². The lowest BCUT2D eigenvalue weighted by molar-refractivity contribution is -0.385. The average molecular weight is 317 g/mol. The summed E-state index contributed by atoms with van der Waals surface area (Å²) >= 11 is 5.70. The normalized spacial score (nSPS) is 12.0. The number of amides is 1. The number of rotatable bonds is 8. The Morgan fingerprint density at radius 2 is 2.19 bits per heavy atom. The largest absolute Gasteiger partial charge is 0.352 e. The van der Waals surface area contributed by atoms with Gasteiger partial charge in [0.2, 0.25) is 0 Å². The summed E-state index contributed by atoms with van der Waals surface area (Å²) in [6.45, 7) is 2.45. The average Bonchev–Trinajstić information content (AvgIpc) is 2.44. The molecule has 5 nitrogen and oxygen atoms in total. The van der Waals surface area contributed by atoms with Crippen LogP contribution in [0, 0.1) is 21.8 Å². The second-order valence-corrected chi connectivity index (χ2v) is 5.14. The van der Waals surface area contributed by atoms with Gasteiger partial charge >= 0.3 is 0 Å².